The minimum Gasteiger partial charge on any atom is -0.479 e. The lowest BCUT2D eigenvalue weighted by molar-refractivity contribution is -0.148. The molecule has 0 saturated heterocycles. The Labute approximate surface area is 111 Å². The Hall–Kier alpha value is -1.89. The van der Waals surface area contributed by atoms with Crippen LogP contribution in [0.15, 0.2) is 12.4 Å². The van der Waals surface area contributed by atoms with Crippen LogP contribution in [0.1, 0.15) is 31.1 Å². The lowest BCUT2D eigenvalue weighted by Crippen LogP contribution is -2.37. The predicted molar refractivity (Wildman–Crippen MR) is 68.0 cm³/mol. The van der Waals surface area contributed by atoms with Gasteiger partial charge in [-0.3, -0.25) is 9.48 Å². The molecule has 1 heterocycles. The largest absolute Gasteiger partial charge is 0.479 e. The number of amides is 1. The van der Waals surface area contributed by atoms with Crippen molar-refractivity contribution in [1.82, 2.24) is 15.1 Å². The zero-order valence-corrected chi connectivity index (χ0v) is 11.5. The van der Waals surface area contributed by atoms with Gasteiger partial charge in [-0.05, 0) is 20.8 Å². The van der Waals surface area contributed by atoms with Crippen LogP contribution in [0.2, 0.25) is 0 Å². The van der Waals surface area contributed by atoms with Gasteiger partial charge in [-0.1, -0.05) is 0 Å². The Kier molecular flexibility index (Phi) is 4.66. The molecule has 1 amide bonds. The van der Waals surface area contributed by atoms with Crippen LogP contribution in [0.5, 0.6) is 0 Å². The molecule has 1 atom stereocenters. The highest BCUT2D eigenvalue weighted by molar-refractivity contribution is 5.94. The summed E-state index contributed by atoms with van der Waals surface area (Å²) in [5.41, 5.74) is 0.171. The van der Waals surface area contributed by atoms with Crippen LogP contribution in [0.25, 0.3) is 0 Å². The van der Waals surface area contributed by atoms with Crippen molar-refractivity contribution in [3.8, 4) is 0 Å². The number of carboxylic acid groups (broad SMARTS) is 1. The average molecular weight is 269 g/mol. The van der Waals surface area contributed by atoms with Crippen molar-refractivity contribution in [2.45, 2.75) is 32.4 Å². The summed E-state index contributed by atoms with van der Waals surface area (Å²) in [4.78, 5) is 22.5. The molecule has 0 aromatic carbocycles. The lowest BCUT2D eigenvalue weighted by Gasteiger charge is -2.18. The molecule has 0 saturated carbocycles. The smallest absolute Gasteiger partial charge is 0.334 e. The number of ether oxygens (including phenoxy) is 1. The number of rotatable bonds is 5. The Morgan fingerprint density at radius 2 is 2.16 bits per heavy atom. The highest BCUT2D eigenvalue weighted by Gasteiger charge is 2.20. The molecule has 0 fully saturated rings. The van der Waals surface area contributed by atoms with E-state index in [2.05, 4.69) is 10.4 Å². The van der Waals surface area contributed by atoms with Gasteiger partial charge in [-0.2, -0.15) is 5.10 Å². The summed E-state index contributed by atoms with van der Waals surface area (Å²) in [5, 5.41) is 15.4. The van der Waals surface area contributed by atoms with Crippen molar-refractivity contribution >= 4 is 11.9 Å². The van der Waals surface area contributed by atoms with Gasteiger partial charge < -0.3 is 15.2 Å². The highest BCUT2D eigenvalue weighted by Crippen LogP contribution is 2.13. The van der Waals surface area contributed by atoms with Gasteiger partial charge in [-0.25, -0.2) is 4.79 Å². The highest BCUT2D eigenvalue weighted by atomic mass is 16.5. The maximum absolute atomic E-state index is 11.8. The van der Waals surface area contributed by atoms with Crippen molar-refractivity contribution in [2.24, 2.45) is 0 Å². The van der Waals surface area contributed by atoms with E-state index in [1.807, 2.05) is 20.8 Å². The molecular weight excluding hydrogens is 250 g/mol. The maximum atomic E-state index is 11.8. The second-order valence-electron chi connectivity index (χ2n) is 5.12. The zero-order valence-electron chi connectivity index (χ0n) is 11.5. The van der Waals surface area contributed by atoms with Gasteiger partial charge >= 0.3 is 5.97 Å². The average Bonchev–Trinajstić information content (AvgIpc) is 2.77. The van der Waals surface area contributed by atoms with Gasteiger partial charge in [0, 0.05) is 13.3 Å². The molecule has 0 aliphatic rings. The van der Waals surface area contributed by atoms with E-state index in [-0.39, 0.29) is 18.0 Å². The number of carbonyl (C=O) groups is 2. The number of carbonyl (C=O) groups excluding carboxylic acids is 1. The number of aliphatic carboxylic acids is 1. The molecule has 0 spiro atoms. The molecule has 7 nitrogen and oxygen atoms in total. The Morgan fingerprint density at radius 1 is 1.53 bits per heavy atom. The van der Waals surface area contributed by atoms with Crippen molar-refractivity contribution in [1.29, 1.82) is 0 Å². The van der Waals surface area contributed by atoms with Gasteiger partial charge in [0.25, 0.3) is 5.91 Å². The fourth-order valence-corrected chi connectivity index (χ4v) is 1.37. The SMILES string of the molecule is COC(CNC(=O)c1cnn(C(C)(C)C)c1)C(=O)O. The number of hydrogen-bond acceptors (Lipinski definition) is 4. The third-order valence-corrected chi connectivity index (χ3v) is 2.54. The summed E-state index contributed by atoms with van der Waals surface area (Å²) < 4.78 is 6.40. The van der Waals surface area contributed by atoms with E-state index in [0.717, 1.165) is 0 Å². The Balaban J connectivity index is 2.64. The molecule has 2 N–H and O–H groups in total. The molecule has 19 heavy (non-hydrogen) atoms. The summed E-state index contributed by atoms with van der Waals surface area (Å²) >= 11 is 0. The fourth-order valence-electron chi connectivity index (χ4n) is 1.37. The first-order valence-corrected chi connectivity index (χ1v) is 5.84. The van der Waals surface area contributed by atoms with Crippen LogP contribution in [0, 0.1) is 0 Å². The van der Waals surface area contributed by atoms with Gasteiger partial charge in [0.2, 0.25) is 0 Å². The molecule has 1 aromatic rings. The molecule has 1 aromatic heterocycles. The fraction of sp³-hybridized carbons (Fsp3) is 0.583. The number of hydrogen-bond donors (Lipinski definition) is 2. The minimum absolute atomic E-state index is 0.0919. The normalized spacial score (nSPS) is 13.1. The Morgan fingerprint density at radius 3 is 2.58 bits per heavy atom. The maximum Gasteiger partial charge on any atom is 0.334 e. The lowest BCUT2D eigenvalue weighted by atomic mass is 10.1. The number of carboxylic acids is 1. The van der Waals surface area contributed by atoms with Gasteiger partial charge in [-0.15, -0.1) is 0 Å². The van der Waals surface area contributed by atoms with E-state index in [1.54, 1.807) is 10.9 Å². The number of nitrogens with one attached hydrogen (secondary N) is 1. The molecule has 0 aliphatic heterocycles. The molecule has 0 bridgehead atoms. The Bertz CT molecular complexity index is 462. The molecule has 7 heteroatoms. The van der Waals surface area contributed by atoms with E-state index in [0.29, 0.717) is 5.56 Å². The van der Waals surface area contributed by atoms with E-state index >= 15 is 0 Å². The molecule has 106 valence electrons. The van der Waals surface area contributed by atoms with E-state index in [9.17, 15) is 9.59 Å². The van der Waals surface area contributed by atoms with Crippen molar-refractivity contribution in [2.75, 3.05) is 13.7 Å². The second-order valence-corrected chi connectivity index (χ2v) is 5.12. The van der Waals surface area contributed by atoms with Crippen molar-refractivity contribution in [3.63, 3.8) is 0 Å². The summed E-state index contributed by atoms with van der Waals surface area (Å²) in [6, 6.07) is 0. The standard InChI is InChI=1S/C12H19N3O4/c1-12(2,3)15-7-8(5-14-15)10(16)13-6-9(19-4)11(17)18/h5,7,9H,6H2,1-4H3,(H,13,16)(H,17,18). The van der Waals surface area contributed by atoms with Crippen molar-refractivity contribution in [3.05, 3.63) is 18.0 Å². The van der Waals surface area contributed by atoms with Crippen molar-refractivity contribution < 1.29 is 19.4 Å². The van der Waals surface area contributed by atoms with Crippen LogP contribution >= 0.6 is 0 Å². The van der Waals surface area contributed by atoms with Crippen LogP contribution in [-0.2, 0) is 15.1 Å². The van der Waals surface area contributed by atoms with E-state index in [1.165, 1.54) is 13.3 Å². The molecular formula is C12H19N3O4. The van der Waals surface area contributed by atoms with Crippen LogP contribution in [0.4, 0.5) is 0 Å². The zero-order chi connectivity index (χ0) is 14.6. The molecule has 0 aliphatic carbocycles. The van der Waals surface area contributed by atoms with E-state index < -0.39 is 12.1 Å². The van der Waals surface area contributed by atoms with Gasteiger partial charge in [0.1, 0.15) is 0 Å². The van der Waals surface area contributed by atoms with Crippen LogP contribution in [-0.4, -0.2) is 46.5 Å². The quantitative estimate of drug-likeness (QED) is 0.810. The first-order chi connectivity index (χ1) is 8.75. The monoisotopic (exact) mass is 269 g/mol. The van der Waals surface area contributed by atoms with E-state index in [4.69, 9.17) is 9.84 Å². The molecule has 0 radical (unpaired) electrons. The third-order valence-electron chi connectivity index (χ3n) is 2.54. The number of aromatic nitrogens is 2. The van der Waals surface area contributed by atoms with Crippen LogP contribution < -0.4 is 5.32 Å². The summed E-state index contributed by atoms with van der Waals surface area (Å²) in [7, 11) is 1.28. The van der Waals surface area contributed by atoms with Gasteiger partial charge in [0.15, 0.2) is 6.10 Å². The molecule has 1 unspecified atom stereocenters. The summed E-state index contributed by atoms with van der Waals surface area (Å²) in [5.74, 6) is -1.49. The first-order valence-electron chi connectivity index (χ1n) is 5.84. The summed E-state index contributed by atoms with van der Waals surface area (Å²) in [6.07, 6.45) is 2.02. The predicted octanol–water partition coefficient (Wildman–Crippen LogP) is 0.467. The van der Waals surface area contributed by atoms with Gasteiger partial charge in [0.05, 0.1) is 23.8 Å². The topological polar surface area (TPSA) is 93.5 Å². The second kappa shape index (κ2) is 5.83. The third kappa shape index (κ3) is 4.06. The van der Waals surface area contributed by atoms with Crippen LogP contribution in [0.3, 0.4) is 0 Å². The number of nitrogens with zero attached hydrogens (tertiary/aromatic N) is 2. The first kappa shape index (κ1) is 15.2. The minimum atomic E-state index is -1.12. The molecule has 1 rings (SSSR count). The number of methoxy groups -OCH3 is 1. The summed E-state index contributed by atoms with van der Waals surface area (Å²) in [6.45, 7) is 5.80.